The van der Waals surface area contributed by atoms with Crippen LogP contribution in [0.4, 0.5) is 5.69 Å². The van der Waals surface area contributed by atoms with Gasteiger partial charge in [0.25, 0.3) is 0 Å². The van der Waals surface area contributed by atoms with E-state index in [2.05, 4.69) is 36.1 Å². The van der Waals surface area contributed by atoms with Crippen LogP contribution >= 0.6 is 0 Å². The topological polar surface area (TPSA) is 38.9 Å². The lowest BCUT2D eigenvalue weighted by atomic mass is 10.1. The molecule has 0 aliphatic rings. The zero-order valence-electron chi connectivity index (χ0n) is 10.4. The van der Waals surface area contributed by atoms with Crippen molar-refractivity contribution in [2.24, 2.45) is 0 Å². The van der Waals surface area contributed by atoms with Crippen molar-refractivity contribution >= 4 is 24.7 Å². The molecule has 0 fully saturated rings. The molecule has 0 unspecified atom stereocenters. The Morgan fingerprint density at radius 3 is 2.71 bits per heavy atom. The third-order valence-electron chi connectivity index (χ3n) is 2.32. The molecule has 3 heteroatoms. The Bertz CT molecular complexity index is 615. The third-order valence-corrected chi connectivity index (χ3v) is 3.20. The van der Waals surface area contributed by atoms with Crippen molar-refractivity contribution in [2.45, 2.75) is 19.6 Å². The summed E-state index contributed by atoms with van der Waals surface area (Å²) in [6, 6.07) is 7.86. The molecule has 0 bridgehead atoms. The number of hydrogen-bond donors (Lipinski definition) is 1. The van der Waals surface area contributed by atoms with Crippen molar-refractivity contribution in [3.8, 4) is 11.5 Å². The number of benzene rings is 1. The molecule has 1 aromatic carbocycles. The summed E-state index contributed by atoms with van der Waals surface area (Å²) < 4.78 is 0. The molecule has 2 aromatic rings. The number of hydrogen-bond acceptors (Lipinski definition) is 2. The van der Waals surface area contributed by atoms with Crippen LogP contribution in [0, 0.1) is 11.5 Å². The first kappa shape index (κ1) is 11.7. The molecule has 0 saturated heterocycles. The van der Waals surface area contributed by atoms with Gasteiger partial charge in [0.1, 0.15) is 8.07 Å². The fourth-order valence-corrected chi connectivity index (χ4v) is 2.03. The van der Waals surface area contributed by atoms with Crippen LogP contribution in [0.1, 0.15) is 5.56 Å². The largest absolute Gasteiger partial charge is 0.397 e. The van der Waals surface area contributed by atoms with Gasteiger partial charge in [-0.25, -0.2) is 0 Å². The standard InChI is InChI=1S/C14H16N2Si/c1-17(2,3)8-7-11-9-12-5-4-6-13(15)14(12)16-10-11/h4-6,9-10H,15H2,1-3H3. The second kappa shape index (κ2) is 4.23. The highest BCUT2D eigenvalue weighted by Gasteiger charge is 2.07. The highest BCUT2D eigenvalue weighted by molar-refractivity contribution is 6.83. The summed E-state index contributed by atoms with van der Waals surface area (Å²) in [5.41, 5.74) is 11.7. The molecule has 17 heavy (non-hydrogen) atoms. The number of nitrogen functional groups attached to an aromatic ring is 1. The van der Waals surface area contributed by atoms with Crippen LogP contribution in [0.3, 0.4) is 0 Å². The average molecular weight is 240 g/mol. The molecule has 2 N–H and O–H groups in total. The summed E-state index contributed by atoms with van der Waals surface area (Å²) in [4.78, 5) is 4.37. The average Bonchev–Trinajstić information content (AvgIpc) is 2.26. The molecule has 0 atom stereocenters. The van der Waals surface area contributed by atoms with E-state index in [1.165, 1.54) is 0 Å². The van der Waals surface area contributed by atoms with Gasteiger partial charge in [0.05, 0.1) is 11.2 Å². The van der Waals surface area contributed by atoms with E-state index >= 15 is 0 Å². The number of anilines is 1. The van der Waals surface area contributed by atoms with Gasteiger partial charge in [0.15, 0.2) is 0 Å². The number of aromatic nitrogens is 1. The van der Waals surface area contributed by atoms with E-state index in [0.29, 0.717) is 5.69 Å². The third kappa shape index (κ3) is 2.86. The summed E-state index contributed by atoms with van der Waals surface area (Å²) in [6.07, 6.45) is 1.80. The highest BCUT2D eigenvalue weighted by atomic mass is 28.3. The van der Waals surface area contributed by atoms with Gasteiger partial charge in [-0.2, -0.15) is 0 Å². The summed E-state index contributed by atoms with van der Waals surface area (Å²) in [7, 11) is -1.33. The molecule has 1 aromatic heterocycles. The van der Waals surface area contributed by atoms with Crippen molar-refractivity contribution in [1.82, 2.24) is 4.98 Å². The van der Waals surface area contributed by atoms with Crippen molar-refractivity contribution in [2.75, 3.05) is 5.73 Å². The number of nitrogens with zero attached hydrogens (tertiary/aromatic N) is 1. The van der Waals surface area contributed by atoms with Crippen molar-refractivity contribution in [3.05, 3.63) is 36.0 Å². The Hall–Kier alpha value is -1.79. The maximum Gasteiger partial charge on any atom is 0.129 e. The number of rotatable bonds is 0. The molecule has 2 rings (SSSR count). The lowest BCUT2D eigenvalue weighted by molar-refractivity contribution is 1.39. The Morgan fingerprint density at radius 2 is 2.00 bits per heavy atom. The van der Waals surface area contributed by atoms with Gasteiger partial charge < -0.3 is 5.73 Å². The van der Waals surface area contributed by atoms with Crippen LogP contribution < -0.4 is 5.73 Å². The molecule has 0 aliphatic heterocycles. The Labute approximate surface area is 103 Å². The van der Waals surface area contributed by atoms with E-state index in [1.54, 1.807) is 6.20 Å². The molecule has 1 heterocycles. The smallest absolute Gasteiger partial charge is 0.129 e. The number of pyridine rings is 1. The van der Waals surface area contributed by atoms with Gasteiger partial charge in [-0.3, -0.25) is 4.98 Å². The zero-order chi connectivity index (χ0) is 12.5. The molecule has 0 aliphatic carbocycles. The first-order chi connectivity index (χ1) is 7.96. The molecule has 2 nitrogen and oxygen atoms in total. The van der Waals surface area contributed by atoms with Gasteiger partial charge >= 0.3 is 0 Å². The molecule has 0 radical (unpaired) electrons. The molecule has 0 spiro atoms. The predicted octanol–water partition coefficient (Wildman–Crippen LogP) is 3.05. The fourth-order valence-electron chi connectivity index (χ4n) is 1.51. The van der Waals surface area contributed by atoms with E-state index in [0.717, 1.165) is 16.5 Å². The predicted molar refractivity (Wildman–Crippen MR) is 76.4 cm³/mol. The van der Waals surface area contributed by atoms with E-state index < -0.39 is 8.07 Å². The quantitative estimate of drug-likeness (QED) is 0.437. The summed E-state index contributed by atoms with van der Waals surface area (Å²) >= 11 is 0. The molecular formula is C14H16N2Si. The van der Waals surface area contributed by atoms with Gasteiger partial charge in [0, 0.05) is 17.1 Å². The minimum Gasteiger partial charge on any atom is -0.397 e. The van der Waals surface area contributed by atoms with E-state index in [4.69, 9.17) is 5.73 Å². The van der Waals surface area contributed by atoms with Gasteiger partial charge in [-0.05, 0) is 12.1 Å². The monoisotopic (exact) mass is 240 g/mol. The van der Waals surface area contributed by atoms with Crippen molar-refractivity contribution in [1.29, 1.82) is 0 Å². The number of para-hydroxylation sites is 1. The van der Waals surface area contributed by atoms with E-state index in [9.17, 15) is 0 Å². The van der Waals surface area contributed by atoms with Crippen LogP contribution in [0.5, 0.6) is 0 Å². The van der Waals surface area contributed by atoms with Crippen LogP contribution in [-0.4, -0.2) is 13.1 Å². The molecule has 0 saturated carbocycles. The lowest BCUT2D eigenvalue weighted by Crippen LogP contribution is -2.16. The highest BCUT2D eigenvalue weighted by Crippen LogP contribution is 2.18. The summed E-state index contributed by atoms with van der Waals surface area (Å²) in [5, 5.41) is 1.05. The van der Waals surface area contributed by atoms with Gasteiger partial charge in [0.2, 0.25) is 0 Å². The minimum absolute atomic E-state index is 0.715. The zero-order valence-corrected chi connectivity index (χ0v) is 11.4. The maximum absolute atomic E-state index is 5.86. The van der Waals surface area contributed by atoms with Crippen molar-refractivity contribution in [3.63, 3.8) is 0 Å². The van der Waals surface area contributed by atoms with Gasteiger partial charge in [-0.1, -0.05) is 37.7 Å². The minimum atomic E-state index is -1.33. The molecule has 86 valence electrons. The molecular weight excluding hydrogens is 224 g/mol. The van der Waals surface area contributed by atoms with Crippen LogP contribution in [0.25, 0.3) is 10.9 Å². The Balaban J connectivity index is 2.48. The normalized spacial score (nSPS) is 11.0. The second-order valence-corrected chi connectivity index (χ2v) is 9.89. The van der Waals surface area contributed by atoms with Crippen LogP contribution in [-0.2, 0) is 0 Å². The van der Waals surface area contributed by atoms with Crippen LogP contribution in [0.2, 0.25) is 19.6 Å². The Kier molecular flexibility index (Phi) is 2.91. The van der Waals surface area contributed by atoms with Gasteiger partial charge in [-0.15, -0.1) is 5.54 Å². The summed E-state index contributed by atoms with van der Waals surface area (Å²) in [6.45, 7) is 6.69. The second-order valence-electron chi connectivity index (χ2n) is 5.14. The number of fused-ring (bicyclic) bond motifs is 1. The first-order valence-electron chi connectivity index (χ1n) is 5.63. The number of nitrogens with two attached hydrogens (primary N) is 1. The van der Waals surface area contributed by atoms with Crippen LogP contribution in [0.15, 0.2) is 30.5 Å². The first-order valence-corrected chi connectivity index (χ1v) is 9.13. The van der Waals surface area contributed by atoms with E-state index in [1.807, 2.05) is 24.3 Å². The lowest BCUT2D eigenvalue weighted by Gasteiger charge is -2.04. The Morgan fingerprint density at radius 1 is 1.24 bits per heavy atom. The SMILES string of the molecule is C[Si](C)(C)C#Cc1cnc2c(N)cccc2c1. The fraction of sp³-hybridized carbons (Fsp3) is 0.214. The van der Waals surface area contributed by atoms with E-state index in [-0.39, 0.29) is 0 Å². The maximum atomic E-state index is 5.86. The molecule has 0 amide bonds. The van der Waals surface area contributed by atoms with Crippen molar-refractivity contribution < 1.29 is 0 Å². The summed E-state index contributed by atoms with van der Waals surface area (Å²) in [5.74, 6) is 3.20.